The second kappa shape index (κ2) is 7.72. The maximum absolute atomic E-state index is 14.7. The highest BCUT2D eigenvalue weighted by Gasteiger charge is 2.17. The molecule has 0 saturated heterocycles. The molecule has 31 heavy (non-hydrogen) atoms. The molecule has 0 aliphatic carbocycles. The van der Waals surface area contributed by atoms with E-state index in [0.29, 0.717) is 23.5 Å². The molecular weight excluding hydrogens is 399 g/mol. The number of rotatable bonds is 4. The SMILES string of the molecule is Fc1cc(-c2ccccc2)ccc1Cn1ccc2nc(-c3cccc(F)c3F)nc-2c1. The molecule has 0 saturated carbocycles. The molecule has 3 aromatic carbocycles. The van der Waals surface area contributed by atoms with E-state index in [-0.39, 0.29) is 17.2 Å². The van der Waals surface area contributed by atoms with Crippen LogP contribution < -0.4 is 0 Å². The van der Waals surface area contributed by atoms with Gasteiger partial charge in [0.05, 0.1) is 11.3 Å². The zero-order chi connectivity index (χ0) is 21.4. The van der Waals surface area contributed by atoms with E-state index in [0.717, 1.165) is 17.2 Å². The minimum absolute atomic E-state index is 0.00490. The van der Waals surface area contributed by atoms with E-state index in [2.05, 4.69) is 9.97 Å². The number of pyridine rings is 1. The van der Waals surface area contributed by atoms with Gasteiger partial charge in [0, 0.05) is 24.5 Å². The molecule has 2 aliphatic rings. The predicted molar refractivity (Wildman–Crippen MR) is 113 cm³/mol. The average molecular weight is 415 g/mol. The van der Waals surface area contributed by atoms with E-state index in [9.17, 15) is 13.2 Å². The van der Waals surface area contributed by atoms with Gasteiger partial charge in [-0.15, -0.1) is 0 Å². The fourth-order valence-electron chi connectivity index (χ4n) is 3.53. The Hall–Kier alpha value is -3.93. The molecule has 0 unspecified atom stereocenters. The molecule has 0 bridgehead atoms. The van der Waals surface area contributed by atoms with Gasteiger partial charge in [-0.05, 0) is 35.4 Å². The van der Waals surface area contributed by atoms with E-state index in [1.807, 2.05) is 36.4 Å². The highest BCUT2D eigenvalue weighted by molar-refractivity contribution is 5.66. The Bertz CT molecular complexity index is 1350. The fraction of sp³-hybridized carbons (Fsp3) is 0.0400. The van der Waals surface area contributed by atoms with Crippen LogP contribution in [0.4, 0.5) is 13.2 Å². The van der Waals surface area contributed by atoms with Crippen LogP contribution in [-0.2, 0) is 6.54 Å². The lowest BCUT2D eigenvalue weighted by Crippen LogP contribution is -2.03. The molecule has 5 rings (SSSR count). The van der Waals surface area contributed by atoms with Crippen LogP contribution in [0.5, 0.6) is 0 Å². The Balaban J connectivity index is 1.44. The second-order valence-electron chi connectivity index (χ2n) is 7.21. The van der Waals surface area contributed by atoms with Crippen molar-refractivity contribution < 1.29 is 13.2 Å². The molecule has 0 radical (unpaired) electrons. The van der Waals surface area contributed by atoms with Crippen LogP contribution in [0.2, 0.25) is 0 Å². The summed E-state index contributed by atoms with van der Waals surface area (Å²) in [5, 5.41) is 0. The summed E-state index contributed by atoms with van der Waals surface area (Å²) in [7, 11) is 0. The van der Waals surface area contributed by atoms with Gasteiger partial charge in [-0.3, -0.25) is 0 Å². The van der Waals surface area contributed by atoms with E-state index < -0.39 is 11.6 Å². The number of hydrogen-bond acceptors (Lipinski definition) is 2. The zero-order valence-corrected chi connectivity index (χ0v) is 16.3. The Morgan fingerprint density at radius 2 is 1.52 bits per heavy atom. The Kier molecular flexibility index (Phi) is 4.75. The molecule has 0 spiro atoms. The third kappa shape index (κ3) is 3.68. The zero-order valence-electron chi connectivity index (χ0n) is 16.3. The quantitative estimate of drug-likeness (QED) is 0.351. The smallest absolute Gasteiger partial charge is 0.169 e. The molecule has 0 fully saturated rings. The number of nitrogens with zero attached hydrogens (tertiary/aromatic N) is 3. The largest absolute Gasteiger partial charge is 0.347 e. The summed E-state index contributed by atoms with van der Waals surface area (Å²) < 4.78 is 44.1. The topological polar surface area (TPSA) is 30.7 Å². The van der Waals surface area contributed by atoms with Crippen molar-refractivity contribution in [3.8, 4) is 33.9 Å². The molecule has 0 N–H and O–H groups in total. The first-order chi connectivity index (χ1) is 15.1. The number of fused-ring (bicyclic) bond motifs is 1. The number of hydrogen-bond donors (Lipinski definition) is 0. The summed E-state index contributed by atoms with van der Waals surface area (Å²) in [6.07, 6.45) is 3.47. The van der Waals surface area contributed by atoms with E-state index >= 15 is 0 Å². The number of imidazole rings is 1. The maximum Gasteiger partial charge on any atom is 0.169 e. The number of halogens is 3. The first kappa shape index (κ1) is 19.1. The van der Waals surface area contributed by atoms with E-state index in [1.54, 1.807) is 29.1 Å². The van der Waals surface area contributed by atoms with Crippen molar-refractivity contribution in [2.45, 2.75) is 6.54 Å². The first-order valence-corrected chi connectivity index (χ1v) is 9.70. The molecule has 0 atom stereocenters. The van der Waals surface area contributed by atoms with Crippen LogP contribution in [0.25, 0.3) is 33.9 Å². The maximum atomic E-state index is 14.7. The third-order valence-corrected chi connectivity index (χ3v) is 5.13. The Labute approximate surface area is 176 Å². The standard InChI is InChI=1S/C25H16F3N3/c26-20-8-4-7-19(24(20)28)25-29-22-11-12-31(15-23(22)30-25)14-18-10-9-17(13-21(18)27)16-5-2-1-3-6-16/h1-13,15H,14H2. The Morgan fingerprint density at radius 3 is 2.32 bits per heavy atom. The van der Waals surface area contributed by atoms with Crippen LogP contribution in [0.15, 0.2) is 85.2 Å². The molecule has 152 valence electrons. The molecule has 2 heterocycles. The molecule has 3 aromatic rings. The summed E-state index contributed by atoms with van der Waals surface area (Å²) in [5.41, 5.74) is 3.36. The van der Waals surface area contributed by atoms with Crippen molar-refractivity contribution in [2.24, 2.45) is 0 Å². The van der Waals surface area contributed by atoms with E-state index in [4.69, 9.17) is 0 Å². The highest BCUT2D eigenvalue weighted by atomic mass is 19.2. The molecule has 0 amide bonds. The lowest BCUT2D eigenvalue weighted by atomic mass is 10.0. The van der Waals surface area contributed by atoms with Crippen molar-refractivity contribution in [2.75, 3.05) is 0 Å². The lowest BCUT2D eigenvalue weighted by Gasteiger charge is -2.10. The summed E-state index contributed by atoms with van der Waals surface area (Å²) in [4.78, 5) is 8.62. The van der Waals surface area contributed by atoms with Gasteiger partial charge in [0.2, 0.25) is 0 Å². The Morgan fingerprint density at radius 1 is 0.710 bits per heavy atom. The van der Waals surface area contributed by atoms with E-state index in [1.165, 1.54) is 18.2 Å². The van der Waals surface area contributed by atoms with Crippen LogP contribution in [0, 0.1) is 17.5 Å². The minimum Gasteiger partial charge on any atom is -0.347 e. The van der Waals surface area contributed by atoms with Crippen LogP contribution in [-0.4, -0.2) is 14.5 Å². The molecular formula is C25H16F3N3. The highest BCUT2D eigenvalue weighted by Crippen LogP contribution is 2.28. The summed E-state index contributed by atoms with van der Waals surface area (Å²) in [5.74, 6) is -2.12. The fourth-order valence-corrected chi connectivity index (χ4v) is 3.53. The minimum atomic E-state index is -0.980. The molecule has 6 heteroatoms. The predicted octanol–water partition coefficient (Wildman–Crippen LogP) is 6.18. The molecule has 0 aromatic heterocycles. The normalized spacial score (nSPS) is 11.2. The van der Waals surface area contributed by atoms with Crippen molar-refractivity contribution in [1.82, 2.24) is 14.5 Å². The summed E-state index contributed by atoms with van der Waals surface area (Å²) in [6.45, 7) is 0.299. The van der Waals surface area contributed by atoms with Crippen LogP contribution >= 0.6 is 0 Å². The van der Waals surface area contributed by atoms with Crippen molar-refractivity contribution in [3.63, 3.8) is 0 Å². The number of benzene rings is 3. The van der Waals surface area contributed by atoms with Gasteiger partial charge in [-0.25, -0.2) is 23.1 Å². The van der Waals surface area contributed by atoms with Gasteiger partial charge in [0.25, 0.3) is 0 Å². The van der Waals surface area contributed by atoms with Gasteiger partial charge in [0.1, 0.15) is 11.5 Å². The van der Waals surface area contributed by atoms with Gasteiger partial charge in [-0.1, -0.05) is 48.5 Å². The van der Waals surface area contributed by atoms with Crippen molar-refractivity contribution >= 4 is 0 Å². The van der Waals surface area contributed by atoms with Gasteiger partial charge >= 0.3 is 0 Å². The second-order valence-corrected chi connectivity index (χ2v) is 7.21. The van der Waals surface area contributed by atoms with Gasteiger partial charge < -0.3 is 4.57 Å². The number of aromatic nitrogens is 3. The van der Waals surface area contributed by atoms with Gasteiger partial charge in [-0.2, -0.15) is 0 Å². The van der Waals surface area contributed by atoms with Gasteiger partial charge in [0.15, 0.2) is 17.5 Å². The first-order valence-electron chi connectivity index (χ1n) is 9.70. The summed E-state index contributed by atoms with van der Waals surface area (Å²) >= 11 is 0. The third-order valence-electron chi connectivity index (χ3n) is 5.13. The van der Waals surface area contributed by atoms with Crippen molar-refractivity contribution in [3.05, 3.63) is 108 Å². The van der Waals surface area contributed by atoms with Crippen molar-refractivity contribution in [1.29, 1.82) is 0 Å². The molecule has 3 nitrogen and oxygen atoms in total. The monoisotopic (exact) mass is 415 g/mol. The van der Waals surface area contributed by atoms with Crippen LogP contribution in [0.1, 0.15) is 5.56 Å². The lowest BCUT2D eigenvalue weighted by molar-refractivity contribution is 0.510. The average Bonchev–Trinajstić information content (AvgIpc) is 3.21. The summed E-state index contributed by atoms with van der Waals surface area (Å²) in [6, 6.07) is 20.4. The van der Waals surface area contributed by atoms with Crippen LogP contribution in [0.3, 0.4) is 0 Å². The molecule has 2 aliphatic heterocycles.